The predicted molar refractivity (Wildman–Crippen MR) is 100 cm³/mol. The number of amides is 1. The Kier molecular flexibility index (Phi) is 9.77. The van der Waals surface area contributed by atoms with E-state index in [0.29, 0.717) is 32.6 Å². The number of halogens is 1. The Labute approximate surface area is 149 Å². The summed E-state index contributed by atoms with van der Waals surface area (Å²) in [5.41, 5.74) is 8.53. The van der Waals surface area contributed by atoms with Crippen LogP contribution in [-0.4, -0.2) is 19.1 Å². The quantitative estimate of drug-likeness (QED) is 0.681. The first-order valence-electron chi connectivity index (χ1n) is 7.98. The van der Waals surface area contributed by atoms with E-state index in [4.69, 9.17) is 10.5 Å². The van der Waals surface area contributed by atoms with Crippen LogP contribution in [-0.2, 0) is 22.6 Å². The van der Waals surface area contributed by atoms with Crippen molar-refractivity contribution in [3.05, 3.63) is 65.7 Å². The van der Waals surface area contributed by atoms with Gasteiger partial charge in [-0.3, -0.25) is 4.79 Å². The van der Waals surface area contributed by atoms with Crippen LogP contribution in [0.5, 0.6) is 0 Å². The molecule has 0 saturated carbocycles. The summed E-state index contributed by atoms with van der Waals surface area (Å²) in [5.74, 6) is -0.00223. The molecule has 2 aromatic carbocycles. The molecule has 0 unspecified atom stereocenters. The van der Waals surface area contributed by atoms with Crippen molar-refractivity contribution >= 4 is 24.0 Å². The third kappa shape index (κ3) is 7.59. The molecule has 4 nitrogen and oxygen atoms in total. The average Bonchev–Trinajstić information content (AvgIpc) is 2.58. The molecule has 0 fully saturated rings. The molecule has 3 N–H and O–H groups in total. The van der Waals surface area contributed by atoms with Crippen LogP contribution in [0.4, 0.5) is 5.69 Å². The number of hydrogen-bond acceptors (Lipinski definition) is 3. The number of carbonyl (C=O) groups is 1. The van der Waals surface area contributed by atoms with Crippen molar-refractivity contribution in [3.63, 3.8) is 0 Å². The minimum absolute atomic E-state index is 0. The molecular weight excluding hydrogens is 324 g/mol. The number of nitrogens with two attached hydrogens (primary N) is 1. The van der Waals surface area contributed by atoms with Gasteiger partial charge in [-0.1, -0.05) is 42.5 Å². The van der Waals surface area contributed by atoms with E-state index in [1.165, 1.54) is 5.56 Å². The van der Waals surface area contributed by atoms with Crippen LogP contribution in [0.1, 0.15) is 24.0 Å². The fraction of sp³-hybridized carbons (Fsp3) is 0.316. The van der Waals surface area contributed by atoms with E-state index in [2.05, 4.69) is 17.4 Å². The van der Waals surface area contributed by atoms with Gasteiger partial charge in [0.15, 0.2) is 0 Å². The molecule has 0 spiro atoms. The minimum atomic E-state index is -0.00223. The molecule has 0 radical (unpaired) electrons. The van der Waals surface area contributed by atoms with Crippen molar-refractivity contribution < 1.29 is 9.53 Å². The summed E-state index contributed by atoms with van der Waals surface area (Å²) in [5, 5.41) is 2.88. The summed E-state index contributed by atoms with van der Waals surface area (Å²) in [4.78, 5) is 11.7. The van der Waals surface area contributed by atoms with Gasteiger partial charge in [0.25, 0.3) is 0 Å². The molecule has 2 aromatic rings. The standard InChI is InChI=1S/C19H24N2O2.ClH/c20-12-5-10-19(22)21-18-9-4-8-17(14-18)15-23-13-11-16-6-2-1-3-7-16;/h1-4,6-9,14H,5,10-13,15,20H2,(H,21,22);1H. The Balaban J connectivity index is 0.00000288. The Morgan fingerprint density at radius 1 is 1.04 bits per heavy atom. The number of ether oxygens (including phenoxy) is 1. The average molecular weight is 349 g/mol. The van der Waals surface area contributed by atoms with Gasteiger partial charge in [-0.15, -0.1) is 12.4 Å². The van der Waals surface area contributed by atoms with Crippen LogP contribution in [0.2, 0.25) is 0 Å². The first kappa shape index (κ1) is 20.2. The summed E-state index contributed by atoms with van der Waals surface area (Å²) >= 11 is 0. The Morgan fingerprint density at radius 3 is 2.54 bits per heavy atom. The minimum Gasteiger partial charge on any atom is -0.376 e. The van der Waals surface area contributed by atoms with Crippen LogP contribution in [0, 0.1) is 0 Å². The van der Waals surface area contributed by atoms with Gasteiger partial charge in [-0.25, -0.2) is 0 Å². The highest BCUT2D eigenvalue weighted by atomic mass is 35.5. The fourth-order valence-corrected chi connectivity index (χ4v) is 2.25. The lowest BCUT2D eigenvalue weighted by atomic mass is 10.2. The third-order valence-corrected chi connectivity index (χ3v) is 3.47. The second kappa shape index (κ2) is 11.6. The Hall–Kier alpha value is -1.88. The van der Waals surface area contributed by atoms with Crippen LogP contribution in [0.15, 0.2) is 54.6 Å². The highest BCUT2D eigenvalue weighted by molar-refractivity contribution is 5.90. The molecule has 1 amide bonds. The second-order valence-electron chi connectivity index (χ2n) is 5.43. The maximum absolute atomic E-state index is 11.7. The number of anilines is 1. The zero-order chi connectivity index (χ0) is 16.3. The first-order chi connectivity index (χ1) is 11.3. The molecular formula is C19H25ClN2O2. The highest BCUT2D eigenvalue weighted by Gasteiger charge is 2.02. The van der Waals surface area contributed by atoms with Crippen LogP contribution in [0.3, 0.4) is 0 Å². The van der Waals surface area contributed by atoms with Crippen LogP contribution < -0.4 is 11.1 Å². The van der Waals surface area contributed by atoms with Gasteiger partial charge in [-0.2, -0.15) is 0 Å². The molecule has 0 aliphatic carbocycles. The summed E-state index contributed by atoms with van der Waals surface area (Å²) in [6, 6.07) is 18.0. The number of nitrogens with one attached hydrogen (secondary N) is 1. The Bertz CT molecular complexity index is 605. The SMILES string of the molecule is Cl.NCCCC(=O)Nc1cccc(COCCc2ccccc2)c1. The number of rotatable bonds is 9. The third-order valence-electron chi connectivity index (χ3n) is 3.47. The van der Waals surface area contributed by atoms with Gasteiger partial charge in [0.2, 0.25) is 5.91 Å². The number of hydrogen-bond donors (Lipinski definition) is 2. The molecule has 5 heteroatoms. The van der Waals surface area contributed by atoms with E-state index in [0.717, 1.165) is 17.7 Å². The molecule has 0 atom stereocenters. The zero-order valence-electron chi connectivity index (χ0n) is 13.7. The van der Waals surface area contributed by atoms with Gasteiger partial charge < -0.3 is 15.8 Å². The molecule has 0 aliphatic heterocycles. The number of benzene rings is 2. The molecule has 0 aromatic heterocycles. The first-order valence-corrected chi connectivity index (χ1v) is 7.98. The Morgan fingerprint density at radius 2 is 1.79 bits per heavy atom. The van der Waals surface area contributed by atoms with E-state index in [1.54, 1.807) is 0 Å². The lowest BCUT2D eigenvalue weighted by molar-refractivity contribution is -0.116. The fourth-order valence-electron chi connectivity index (χ4n) is 2.25. The van der Waals surface area contributed by atoms with Crippen molar-refractivity contribution in [3.8, 4) is 0 Å². The van der Waals surface area contributed by atoms with E-state index in [1.807, 2.05) is 42.5 Å². The van der Waals surface area contributed by atoms with Crippen molar-refractivity contribution in [1.82, 2.24) is 0 Å². The summed E-state index contributed by atoms with van der Waals surface area (Å²) < 4.78 is 5.72. The predicted octanol–water partition coefficient (Wildman–Crippen LogP) is 3.55. The zero-order valence-corrected chi connectivity index (χ0v) is 14.6. The van der Waals surface area contributed by atoms with Gasteiger partial charge in [0, 0.05) is 12.1 Å². The second-order valence-corrected chi connectivity index (χ2v) is 5.43. The molecule has 24 heavy (non-hydrogen) atoms. The van der Waals surface area contributed by atoms with E-state index < -0.39 is 0 Å². The van der Waals surface area contributed by atoms with Crippen molar-refractivity contribution in [1.29, 1.82) is 0 Å². The van der Waals surface area contributed by atoms with Gasteiger partial charge in [0.1, 0.15) is 0 Å². The summed E-state index contributed by atoms with van der Waals surface area (Å²) in [7, 11) is 0. The van der Waals surface area contributed by atoms with Crippen molar-refractivity contribution in [2.24, 2.45) is 5.73 Å². The molecule has 0 heterocycles. The van der Waals surface area contributed by atoms with Crippen molar-refractivity contribution in [2.45, 2.75) is 25.9 Å². The van der Waals surface area contributed by atoms with Gasteiger partial charge in [0.05, 0.1) is 13.2 Å². The molecule has 0 saturated heterocycles. The lowest BCUT2D eigenvalue weighted by Gasteiger charge is -2.08. The topological polar surface area (TPSA) is 64.4 Å². The van der Waals surface area contributed by atoms with Gasteiger partial charge in [-0.05, 0) is 42.6 Å². The highest BCUT2D eigenvalue weighted by Crippen LogP contribution is 2.12. The van der Waals surface area contributed by atoms with Gasteiger partial charge >= 0.3 is 0 Å². The summed E-state index contributed by atoms with van der Waals surface area (Å²) in [6.07, 6.45) is 2.05. The molecule has 130 valence electrons. The normalized spacial score (nSPS) is 10.0. The monoisotopic (exact) mass is 348 g/mol. The molecule has 0 bridgehead atoms. The maximum Gasteiger partial charge on any atom is 0.224 e. The smallest absolute Gasteiger partial charge is 0.224 e. The van der Waals surface area contributed by atoms with E-state index in [-0.39, 0.29) is 18.3 Å². The number of carbonyl (C=O) groups excluding carboxylic acids is 1. The van der Waals surface area contributed by atoms with Crippen molar-refractivity contribution in [2.75, 3.05) is 18.5 Å². The van der Waals surface area contributed by atoms with Crippen LogP contribution >= 0.6 is 12.4 Å². The van der Waals surface area contributed by atoms with Crippen LogP contribution in [0.25, 0.3) is 0 Å². The largest absolute Gasteiger partial charge is 0.376 e. The van der Waals surface area contributed by atoms with E-state index >= 15 is 0 Å². The van der Waals surface area contributed by atoms with E-state index in [9.17, 15) is 4.79 Å². The summed E-state index contributed by atoms with van der Waals surface area (Å²) in [6.45, 7) is 1.75. The molecule has 0 aliphatic rings. The maximum atomic E-state index is 11.7. The molecule has 2 rings (SSSR count). The lowest BCUT2D eigenvalue weighted by Crippen LogP contribution is -2.13.